The summed E-state index contributed by atoms with van der Waals surface area (Å²) in [7, 11) is 0. The molecule has 4 rings (SSSR count). The average molecular weight is 465 g/mol. The highest BCUT2D eigenvalue weighted by Gasteiger charge is 2.34. The Bertz CT molecular complexity index is 1070. The molecule has 2 amide bonds. The Morgan fingerprint density at radius 2 is 1.71 bits per heavy atom. The third kappa shape index (κ3) is 5.12. The Kier molecular flexibility index (Phi) is 7.27. The molecule has 34 heavy (non-hydrogen) atoms. The summed E-state index contributed by atoms with van der Waals surface area (Å²) in [4.78, 5) is 35.7. The molecule has 2 aromatic rings. The maximum Gasteiger partial charge on any atom is 0.407 e. The van der Waals surface area contributed by atoms with Crippen molar-refractivity contribution in [3.8, 4) is 11.1 Å². The first-order valence-corrected chi connectivity index (χ1v) is 11.3. The molecule has 1 aliphatic carbocycles. The Morgan fingerprint density at radius 1 is 1.06 bits per heavy atom. The van der Waals surface area contributed by atoms with Crippen molar-refractivity contribution < 1.29 is 29.0 Å². The number of ether oxygens (including phenoxy) is 2. The Labute approximate surface area is 198 Å². The lowest BCUT2D eigenvalue weighted by atomic mass is 9.98. The lowest BCUT2D eigenvalue weighted by Gasteiger charge is -2.19. The van der Waals surface area contributed by atoms with Crippen LogP contribution in [0.25, 0.3) is 11.1 Å². The Balaban J connectivity index is 1.28. The van der Waals surface area contributed by atoms with Crippen molar-refractivity contribution in [2.24, 2.45) is 5.92 Å². The maximum absolute atomic E-state index is 12.4. The number of carboxylic acids is 1. The van der Waals surface area contributed by atoms with E-state index < -0.39 is 18.2 Å². The summed E-state index contributed by atoms with van der Waals surface area (Å²) in [5, 5.41) is 14.3. The molecular weight excluding hydrogens is 436 g/mol. The second-order valence-corrected chi connectivity index (χ2v) is 8.48. The zero-order chi connectivity index (χ0) is 24.1. The minimum atomic E-state index is -1.03. The van der Waals surface area contributed by atoms with Gasteiger partial charge in [-0.15, -0.1) is 0 Å². The van der Waals surface area contributed by atoms with Crippen LogP contribution in [0.4, 0.5) is 4.79 Å². The van der Waals surface area contributed by atoms with E-state index in [2.05, 4.69) is 34.9 Å². The molecule has 1 aliphatic heterocycles. The first-order chi connectivity index (χ1) is 16.5. The number of nitrogens with one attached hydrogen (secondary N) is 2. The van der Waals surface area contributed by atoms with Crippen LogP contribution in [0.5, 0.6) is 0 Å². The van der Waals surface area contributed by atoms with Gasteiger partial charge >= 0.3 is 12.1 Å². The molecule has 3 N–H and O–H groups in total. The van der Waals surface area contributed by atoms with Gasteiger partial charge in [-0.2, -0.15) is 0 Å². The number of amides is 2. The molecule has 0 spiro atoms. The number of carboxylic acid groups (broad SMARTS) is 1. The second kappa shape index (κ2) is 10.5. The van der Waals surface area contributed by atoms with E-state index >= 15 is 0 Å². The molecule has 8 heteroatoms. The smallest absolute Gasteiger partial charge is 0.407 e. The monoisotopic (exact) mass is 464 g/mol. The molecule has 0 saturated carbocycles. The van der Waals surface area contributed by atoms with E-state index in [4.69, 9.17) is 14.6 Å². The summed E-state index contributed by atoms with van der Waals surface area (Å²) in [6.07, 6.45) is 0.825. The van der Waals surface area contributed by atoms with E-state index in [1.165, 1.54) is 13.0 Å². The van der Waals surface area contributed by atoms with Crippen molar-refractivity contribution >= 4 is 18.0 Å². The number of carbonyl (C=O) groups is 3. The van der Waals surface area contributed by atoms with Crippen molar-refractivity contribution in [1.82, 2.24) is 10.6 Å². The maximum atomic E-state index is 12.4. The number of hydrogen-bond donors (Lipinski definition) is 3. The molecular formula is C26H28N2O6. The third-order valence-electron chi connectivity index (χ3n) is 6.35. The minimum Gasteiger partial charge on any atom is -0.478 e. The van der Waals surface area contributed by atoms with E-state index in [-0.39, 0.29) is 43.0 Å². The van der Waals surface area contributed by atoms with Crippen LogP contribution in [0.15, 0.2) is 60.2 Å². The van der Waals surface area contributed by atoms with Crippen LogP contribution in [0.2, 0.25) is 0 Å². The van der Waals surface area contributed by atoms with Crippen molar-refractivity contribution in [3.63, 3.8) is 0 Å². The molecule has 1 saturated heterocycles. The van der Waals surface area contributed by atoms with Gasteiger partial charge < -0.3 is 25.2 Å². The topological polar surface area (TPSA) is 114 Å². The largest absolute Gasteiger partial charge is 0.478 e. The van der Waals surface area contributed by atoms with Crippen LogP contribution in [0.3, 0.4) is 0 Å². The van der Waals surface area contributed by atoms with E-state index in [1.54, 1.807) is 0 Å². The number of aliphatic carboxylic acids is 1. The Hall–Kier alpha value is -3.65. The summed E-state index contributed by atoms with van der Waals surface area (Å²) in [5.74, 6) is -1.57. The van der Waals surface area contributed by atoms with Gasteiger partial charge in [-0.1, -0.05) is 54.6 Å². The predicted molar refractivity (Wildman–Crippen MR) is 125 cm³/mol. The van der Waals surface area contributed by atoms with Crippen molar-refractivity contribution in [2.75, 3.05) is 26.3 Å². The zero-order valence-electron chi connectivity index (χ0n) is 19.0. The fraction of sp³-hybridized carbons (Fsp3) is 0.346. The van der Waals surface area contributed by atoms with Crippen LogP contribution in [-0.2, 0) is 19.1 Å². The lowest BCUT2D eigenvalue weighted by molar-refractivity contribution is -0.133. The van der Waals surface area contributed by atoms with Gasteiger partial charge in [0.2, 0.25) is 5.91 Å². The quantitative estimate of drug-likeness (QED) is 0.518. The molecule has 2 atom stereocenters. The van der Waals surface area contributed by atoms with Gasteiger partial charge in [0.1, 0.15) is 12.7 Å². The van der Waals surface area contributed by atoms with Crippen LogP contribution < -0.4 is 10.6 Å². The number of hydrogen-bond acceptors (Lipinski definition) is 5. The summed E-state index contributed by atoms with van der Waals surface area (Å²) in [5.41, 5.74) is 4.77. The zero-order valence-corrected chi connectivity index (χ0v) is 19.0. The molecule has 0 radical (unpaired) electrons. The summed E-state index contributed by atoms with van der Waals surface area (Å²) >= 11 is 0. The van der Waals surface area contributed by atoms with Gasteiger partial charge in [0.15, 0.2) is 0 Å². The molecule has 1 heterocycles. The summed E-state index contributed by atoms with van der Waals surface area (Å²) < 4.78 is 11.1. The van der Waals surface area contributed by atoms with Gasteiger partial charge in [0, 0.05) is 37.1 Å². The highest BCUT2D eigenvalue weighted by atomic mass is 16.5. The number of fused-ring (bicyclic) bond motifs is 3. The van der Waals surface area contributed by atoms with Gasteiger partial charge in [-0.25, -0.2) is 9.59 Å². The van der Waals surface area contributed by atoms with Gasteiger partial charge in [0.05, 0.1) is 0 Å². The van der Waals surface area contributed by atoms with E-state index in [0.29, 0.717) is 13.0 Å². The van der Waals surface area contributed by atoms with Crippen molar-refractivity contribution in [1.29, 1.82) is 0 Å². The van der Waals surface area contributed by atoms with Gasteiger partial charge in [-0.05, 0) is 35.6 Å². The minimum absolute atomic E-state index is 0.0196. The van der Waals surface area contributed by atoms with Gasteiger partial charge in [-0.3, -0.25) is 4.79 Å². The molecule has 1 fully saturated rings. The molecule has 0 aromatic heterocycles. The Morgan fingerprint density at radius 3 is 2.35 bits per heavy atom. The number of carbonyl (C=O) groups excluding carboxylic acids is 2. The van der Waals surface area contributed by atoms with Crippen molar-refractivity contribution in [3.05, 3.63) is 71.3 Å². The molecule has 8 nitrogen and oxygen atoms in total. The van der Waals surface area contributed by atoms with Crippen molar-refractivity contribution in [2.45, 2.75) is 25.4 Å². The highest BCUT2D eigenvalue weighted by molar-refractivity contribution is 5.86. The first kappa shape index (κ1) is 23.5. The van der Waals surface area contributed by atoms with Crippen LogP contribution in [-0.4, -0.2) is 55.5 Å². The summed E-state index contributed by atoms with van der Waals surface area (Å²) in [6, 6.07) is 16.3. The number of benzene rings is 2. The molecule has 2 aliphatic rings. The lowest BCUT2D eigenvalue weighted by Crippen LogP contribution is -2.42. The third-order valence-corrected chi connectivity index (χ3v) is 6.35. The van der Waals surface area contributed by atoms with E-state index in [1.807, 2.05) is 24.3 Å². The number of alkyl carbamates (subject to hydrolysis) is 1. The van der Waals surface area contributed by atoms with Gasteiger partial charge in [0.25, 0.3) is 0 Å². The standard InChI is InChI=1S/C26H28N2O6/c1-16(25(30)31)10-12-27-24(29)23-17(11-13-33-23)14-28-26(32)34-15-22-20-8-4-2-6-18(20)19-7-3-5-9-21(19)22/h2-10,17,22-23H,11-15H2,1H3,(H,27,29)(H,28,32)(H,30,31)/b16-10+/t17-,23-/m0/s1. The molecule has 2 aromatic carbocycles. The summed E-state index contributed by atoms with van der Waals surface area (Å²) in [6.45, 7) is 2.45. The SMILES string of the molecule is C/C(=C\CNC(=O)[C@H]1OCC[C@H]1CNC(=O)OCC1c2ccccc2-c2ccccc21)C(=O)O. The first-order valence-electron chi connectivity index (χ1n) is 11.3. The van der Waals surface area contributed by atoms with Crippen LogP contribution in [0.1, 0.15) is 30.4 Å². The fourth-order valence-electron chi connectivity index (χ4n) is 4.49. The normalized spacial score (nSPS) is 19.3. The molecule has 0 unspecified atom stereocenters. The fourth-order valence-corrected chi connectivity index (χ4v) is 4.49. The molecule has 0 bridgehead atoms. The highest BCUT2D eigenvalue weighted by Crippen LogP contribution is 2.44. The van der Waals surface area contributed by atoms with E-state index in [9.17, 15) is 14.4 Å². The average Bonchev–Trinajstić information content (AvgIpc) is 3.44. The molecule has 178 valence electrons. The number of rotatable bonds is 8. The predicted octanol–water partition coefficient (Wildman–Crippen LogP) is 3.08. The van der Waals surface area contributed by atoms with E-state index in [0.717, 1.165) is 22.3 Å². The van der Waals surface area contributed by atoms with Crippen LogP contribution in [0, 0.1) is 5.92 Å². The van der Waals surface area contributed by atoms with Crippen LogP contribution >= 0.6 is 0 Å². The second-order valence-electron chi connectivity index (χ2n) is 8.48.